The van der Waals surface area contributed by atoms with Crippen LogP contribution in [0.2, 0.25) is 0 Å². The zero-order valence-electron chi connectivity index (χ0n) is 24.5. The van der Waals surface area contributed by atoms with Crippen molar-refractivity contribution in [3.63, 3.8) is 0 Å². The van der Waals surface area contributed by atoms with E-state index in [2.05, 4.69) is 43.6 Å². The number of nitrogens with zero attached hydrogens (tertiary/aromatic N) is 4. The van der Waals surface area contributed by atoms with E-state index in [1.807, 2.05) is 36.4 Å². The molecular weight excluding hydrogens is 590 g/mol. The molecule has 0 bridgehead atoms. The first kappa shape index (κ1) is 29.9. The number of benzene rings is 3. The second-order valence-corrected chi connectivity index (χ2v) is 10.7. The van der Waals surface area contributed by atoms with Crippen LogP contribution in [-0.2, 0) is 27.5 Å². The Morgan fingerprint density at radius 1 is 0.826 bits per heavy atom. The smallest absolute Gasteiger partial charge is 0.358 e. The number of carboxylic acid groups (broad SMARTS) is 1. The number of hydrogen-bond acceptors (Lipinski definition) is 8. The van der Waals surface area contributed by atoms with Gasteiger partial charge in [-0.15, -0.1) is 5.10 Å². The van der Waals surface area contributed by atoms with E-state index < -0.39 is 5.97 Å². The Labute approximate surface area is 262 Å². The van der Waals surface area contributed by atoms with Gasteiger partial charge < -0.3 is 25.6 Å². The number of carboxylic acids is 1. The van der Waals surface area contributed by atoms with Crippen molar-refractivity contribution >= 4 is 29.4 Å². The molecule has 0 radical (unpaired) electrons. The minimum absolute atomic E-state index is 0.0261. The molecule has 0 fully saturated rings. The first-order chi connectivity index (χ1) is 22.3. The zero-order chi connectivity index (χ0) is 32.0. The topological polar surface area (TPSA) is 181 Å². The lowest BCUT2D eigenvalue weighted by molar-refractivity contribution is -0.124. The molecule has 13 heteroatoms. The normalized spacial score (nSPS) is 11.8. The molecule has 2 heterocycles. The van der Waals surface area contributed by atoms with Crippen molar-refractivity contribution in [1.82, 2.24) is 30.8 Å². The van der Waals surface area contributed by atoms with Crippen LogP contribution in [0.15, 0.2) is 89.6 Å². The third-order valence-corrected chi connectivity index (χ3v) is 7.52. The van der Waals surface area contributed by atoms with Crippen LogP contribution in [0.3, 0.4) is 0 Å². The van der Waals surface area contributed by atoms with Gasteiger partial charge in [-0.3, -0.25) is 19.1 Å². The molecule has 46 heavy (non-hydrogen) atoms. The van der Waals surface area contributed by atoms with Crippen LogP contribution in [0.4, 0.5) is 5.69 Å². The standard InChI is InChI=1S/C33H29N7O6/c41-29(13-14-30(42)35-21-11-9-20(10-12-21)28-17-27(33(44)45)38-46-28)34-18-22-19-40(39-37-22)16-15-31(43)36-32-25-7-3-1-5-23(25)24-6-2-4-8-26(24)32/h1-12,17,19,32H,13-16,18H2,(H,34,41)(H,35,42)(H,36,43)(H,44,45). The second-order valence-electron chi connectivity index (χ2n) is 10.7. The van der Waals surface area contributed by atoms with E-state index in [0.717, 1.165) is 22.3 Å². The number of amides is 3. The van der Waals surface area contributed by atoms with Crippen LogP contribution in [0.5, 0.6) is 0 Å². The fourth-order valence-electron chi connectivity index (χ4n) is 5.25. The summed E-state index contributed by atoms with van der Waals surface area (Å²) in [5.74, 6) is -1.68. The number of aromatic nitrogens is 4. The molecule has 3 amide bonds. The summed E-state index contributed by atoms with van der Waals surface area (Å²) in [5, 5.41) is 29.2. The molecule has 0 spiro atoms. The molecule has 1 aliphatic carbocycles. The number of hydrogen-bond donors (Lipinski definition) is 4. The van der Waals surface area contributed by atoms with Gasteiger partial charge in [-0.1, -0.05) is 58.9 Å². The molecule has 0 saturated carbocycles. The van der Waals surface area contributed by atoms with Crippen molar-refractivity contribution < 1.29 is 28.8 Å². The van der Waals surface area contributed by atoms with Crippen LogP contribution in [-0.4, -0.2) is 48.9 Å². The maximum Gasteiger partial charge on any atom is 0.358 e. The Kier molecular flexibility index (Phi) is 8.63. The van der Waals surface area contributed by atoms with Gasteiger partial charge in [0, 0.05) is 36.6 Å². The monoisotopic (exact) mass is 619 g/mol. The van der Waals surface area contributed by atoms with Gasteiger partial charge in [0.1, 0.15) is 5.69 Å². The molecule has 0 aliphatic heterocycles. The Morgan fingerprint density at radius 2 is 1.50 bits per heavy atom. The van der Waals surface area contributed by atoms with E-state index in [-0.39, 0.29) is 61.0 Å². The van der Waals surface area contributed by atoms with Crippen molar-refractivity contribution in [3.05, 3.63) is 108 Å². The fourth-order valence-corrected chi connectivity index (χ4v) is 5.25. The first-order valence-corrected chi connectivity index (χ1v) is 14.6. The molecule has 0 atom stereocenters. The number of nitrogens with one attached hydrogen (secondary N) is 3. The summed E-state index contributed by atoms with van der Waals surface area (Å²) in [6.45, 7) is 0.459. The van der Waals surface area contributed by atoms with E-state index in [1.165, 1.54) is 6.07 Å². The lowest BCUT2D eigenvalue weighted by Crippen LogP contribution is -2.28. The van der Waals surface area contributed by atoms with Gasteiger partial charge in [-0.05, 0) is 46.5 Å². The molecule has 1 aliphatic rings. The first-order valence-electron chi connectivity index (χ1n) is 14.6. The van der Waals surface area contributed by atoms with Gasteiger partial charge in [-0.25, -0.2) is 4.79 Å². The number of rotatable bonds is 12. The lowest BCUT2D eigenvalue weighted by atomic mass is 10.1. The SMILES string of the molecule is O=C(CCC(=O)Nc1ccc(-c2cc(C(=O)O)no2)cc1)NCc1cn(CCC(=O)NC2c3ccccc3-c3ccccc32)nn1. The average Bonchev–Trinajstić information content (AvgIpc) is 3.81. The van der Waals surface area contributed by atoms with Crippen molar-refractivity contribution in [3.8, 4) is 22.5 Å². The molecule has 232 valence electrons. The van der Waals surface area contributed by atoms with Crippen molar-refractivity contribution in [2.24, 2.45) is 0 Å². The third kappa shape index (κ3) is 6.83. The van der Waals surface area contributed by atoms with E-state index in [9.17, 15) is 19.2 Å². The summed E-state index contributed by atoms with van der Waals surface area (Å²) < 4.78 is 6.59. The lowest BCUT2D eigenvalue weighted by Gasteiger charge is -2.16. The summed E-state index contributed by atoms with van der Waals surface area (Å²) in [7, 11) is 0. The molecule has 0 saturated heterocycles. The van der Waals surface area contributed by atoms with Crippen LogP contribution in [0, 0.1) is 0 Å². The fraction of sp³-hybridized carbons (Fsp3) is 0.182. The highest BCUT2D eigenvalue weighted by Gasteiger charge is 2.29. The van der Waals surface area contributed by atoms with Crippen LogP contribution in [0.1, 0.15) is 52.6 Å². The Balaban J connectivity index is 0.911. The third-order valence-electron chi connectivity index (χ3n) is 7.52. The Morgan fingerprint density at radius 3 is 2.17 bits per heavy atom. The zero-order valence-corrected chi connectivity index (χ0v) is 24.5. The second kappa shape index (κ2) is 13.3. The van der Waals surface area contributed by atoms with Crippen molar-refractivity contribution in [1.29, 1.82) is 0 Å². The predicted octanol–water partition coefficient (Wildman–Crippen LogP) is 3.94. The largest absolute Gasteiger partial charge is 0.476 e. The van der Waals surface area contributed by atoms with Crippen LogP contribution < -0.4 is 16.0 Å². The van der Waals surface area contributed by atoms with E-state index in [1.54, 1.807) is 35.1 Å². The molecule has 2 aromatic heterocycles. The Bertz CT molecular complexity index is 1870. The number of aryl methyl sites for hydroxylation is 1. The summed E-state index contributed by atoms with van der Waals surface area (Å²) in [6, 6.07) is 23.8. The predicted molar refractivity (Wildman–Crippen MR) is 165 cm³/mol. The van der Waals surface area contributed by atoms with Crippen LogP contribution >= 0.6 is 0 Å². The van der Waals surface area contributed by atoms with E-state index >= 15 is 0 Å². The van der Waals surface area contributed by atoms with Gasteiger partial charge in [0.15, 0.2) is 11.5 Å². The molecular formula is C33H29N7O6. The molecule has 13 nitrogen and oxygen atoms in total. The van der Waals surface area contributed by atoms with Gasteiger partial charge in [-0.2, -0.15) is 0 Å². The van der Waals surface area contributed by atoms with E-state index in [0.29, 0.717) is 23.5 Å². The molecule has 4 N–H and O–H groups in total. The molecule has 6 rings (SSSR count). The van der Waals surface area contributed by atoms with Gasteiger partial charge >= 0.3 is 5.97 Å². The highest BCUT2D eigenvalue weighted by Crippen LogP contribution is 2.43. The van der Waals surface area contributed by atoms with E-state index in [4.69, 9.17) is 9.63 Å². The Hall–Kier alpha value is -6.11. The minimum atomic E-state index is -1.19. The number of fused-ring (bicyclic) bond motifs is 3. The molecule has 0 unspecified atom stereocenters. The maximum atomic E-state index is 12.9. The summed E-state index contributed by atoms with van der Waals surface area (Å²) in [5.41, 5.74) is 5.83. The summed E-state index contributed by atoms with van der Waals surface area (Å²) >= 11 is 0. The summed E-state index contributed by atoms with van der Waals surface area (Å²) in [4.78, 5) is 48.5. The molecule has 3 aromatic carbocycles. The van der Waals surface area contributed by atoms with Gasteiger partial charge in [0.25, 0.3) is 0 Å². The van der Waals surface area contributed by atoms with Crippen LogP contribution in [0.25, 0.3) is 22.5 Å². The van der Waals surface area contributed by atoms with Crippen molar-refractivity contribution in [2.45, 2.75) is 38.4 Å². The van der Waals surface area contributed by atoms with Gasteiger partial charge in [0.05, 0.1) is 25.3 Å². The highest BCUT2D eigenvalue weighted by atomic mass is 16.5. The average molecular weight is 620 g/mol. The number of aromatic carboxylic acids is 1. The van der Waals surface area contributed by atoms with Crippen molar-refractivity contribution in [2.75, 3.05) is 5.32 Å². The minimum Gasteiger partial charge on any atom is -0.476 e. The number of anilines is 1. The maximum absolute atomic E-state index is 12.9. The quantitative estimate of drug-likeness (QED) is 0.161. The number of carbonyl (C=O) groups is 4. The summed E-state index contributed by atoms with van der Waals surface area (Å²) in [6.07, 6.45) is 1.82. The highest BCUT2D eigenvalue weighted by molar-refractivity contribution is 5.93. The van der Waals surface area contributed by atoms with Gasteiger partial charge in [0.2, 0.25) is 17.7 Å². The number of carbonyl (C=O) groups excluding carboxylic acids is 3. The molecule has 5 aromatic rings.